The third-order valence-electron chi connectivity index (χ3n) is 3.77. The van der Waals surface area contributed by atoms with E-state index in [2.05, 4.69) is 10.6 Å². The van der Waals surface area contributed by atoms with Gasteiger partial charge in [0.1, 0.15) is 23.3 Å². The minimum atomic E-state index is -0.925. The molecule has 0 spiro atoms. The number of hydrogen-bond acceptors (Lipinski definition) is 2. The number of halogens is 4. The van der Waals surface area contributed by atoms with Gasteiger partial charge in [0, 0.05) is 23.3 Å². The van der Waals surface area contributed by atoms with Gasteiger partial charge in [-0.2, -0.15) is 0 Å². The van der Waals surface area contributed by atoms with Crippen molar-refractivity contribution in [2.45, 2.75) is 0 Å². The van der Waals surface area contributed by atoms with Crippen LogP contribution in [0.25, 0.3) is 0 Å². The van der Waals surface area contributed by atoms with Gasteiger partial charge in [-0.05, 0) is 48.5 Å². The van der Waals surface area contributed by atoms with Crippen LogP contribution < -0.4 is 10.6 Å². The summed E-state index contributed by atoms with van der Waals surface area (Å²) in [6.07, 6.45) is 0. The fourth-order valence-electron chi connectivity index (χ4n) is 2.34. The molecule has 0 radical (unpaired) electrons. The molecule has 0 aliphatic carbocycles. The first kappa shape index (κ1) is 19.1. The highest BCUT2D eigenvalue weighted by atomic mass is 19.1. The SMILES string of the molecule is O=C(Nc1ccc(F)cc1F)c1ccc(C(=O)Nc2ccc(F)cc2F)cc1. The zero-order valence-corrected chi connectivity index (χ0v) is 14.1. The topological polar surface area (TPSA) is 58.2 Å². The molecule has 4 nitrogen and oxygen atoms in total. The molecule has 28 heavy (non-hydrogen) atoms. The Kier molecular flexibility index (Phi) is 5.39. The Bertz CT molecular complexity index is 968. The van der Waals surface area contributed by atoms with Crippen molar-refractivity contribution >= 4 is 23.2 Å². The monoisotopic (exact) mass is 388 g/mol. The Morgan fingerprint density at radius 2 is 0.929 bits per heavy atom. The van der Waals surface area contributed by atoms with Crippen LogP contribution in [-0.2, 0) is 0 Å². The van der Waals surface area contributed by atoms with Crippen LogP contribution in [0.1, 0.15) is 20.7 Å². The predicted octanol–water partition coefficient (Wildman–Crippen LogP) is 4.75. The van der Waals surface area contributed by atoms with Crippen LogP contribution in [0, 0.1) is 23.3 Å². The number of hydrogen-bond donors (Lipinski definition) is 2. The lowest BCUT2D eigenvalue weighted by Gasteiger charge is -2.08. The number of amides is 2. The van der Waals surface area contributed by atoms with Gasteiger partial charge >= 0.3 is 0 Å². The van der Waals surface area contributed by atoms with E-state index >= 15 is 0 Å². The van der Waals surface area contributed by atoms with Gasteiger partial charge in [-0.1, -0.05) is 0 Å². The van der Waals surface area contributed by atoms with Gasteiger partial charge in [-0.15, -0.1) is 0 Å². The number of anilines is 2. The molecule has 0 saturated carbocycles. The zero-order valence-electron chi connectivity index (χ0n) is 14.1. The molecule has 8 heteroatoms. The van der Waals surface area contributed by atoms with Crippen molar-refractivity contribution in [3.8, 4) is 0 Å². The van der Waals surface area contributed by atoms with E-state index in [4.69, 9.17) is 0 Å². The van der Waals surface area contributed by atoms with Crippen LogP contribution >= 0.6 is 0 Å². The summed E-state index contributed by atoms with van der Waals surface area (Å²) in [5.41, 5.74) is -0.151. The van der Waals surface area contributed by atoms with Gasteiger partial charge in [0.15, 0.2) is 0 Å². The second-order valence-corrected chi connectivity index (χ2v) is 5.73. The number of carbonyl (C=O) groups excluding carboxylic acids is 2. The molecule has 2 N–H and O–H groups in total. The molecule has 3 aromatic carbocycles. The van der Waals surface area contributed by atoms with E-state index in [9.17, 15) is 27.2 Å². The quantitative estimate of drug-likeness (QED) is 0.634. The fraction of sp³-hybridized carbons (Fsp3) is 0. The van der Waals surface area contributed by atoms with Crippen LogP contribution in [0.2, 0.25) is 0 Å². The van der Waals surface area contributed by atoms with Gasteiger partial charge in [-0.25, -0.2) is 17.6 Å². The van der Waals surface area contributed by atoms with Crippen LogP contribution in [-0.4, -0.2) is 11.8 Å². The molecule has 0 atom stereocenters. The number of nitrogens with one attached hydrogen (secondary N) is 2. The van der Waals surface area contributed by atoms with Crippen molar-refractivity contribution in [3.63, 3.8) is 0 Å². The lowest BCUT2D eigenvalue weighted by atomic mass is 10.1. The highest BCUT2D eigenvalue weighted by Crippen LogP contribution is 2.18. The van der Waals surface area contributed by atoms with Crippen molar-refractivity contribution in [1.29, 1.82) is 0 Å². The molecule has 142 valence electrons. The average molecular weight is 388 g/mol. The second-order valence-electron chi connectivity index (χ2n) is 5.73. The summed E-state index contributed by atoms with van der Waals surface area (Å²) >= 11 is 0. The molecule has 3 aromatic rings. The summed E-state index contributed by atoms with van der Waals surface area (Å²) in [4.78, 5) is 24.3. The predicted molar refractivity (Wildman–Crippen MR) is 95.1 cm³/mol. The largest absolute Gasteiger partial charge is 0.319 e. The first-order chi connectivity index (χ1) is 13.3. The maximum Gasteiger partial charge on any atom is 0.255 e. The maximum absolute atomic E-state index is 13.6. The van der Waals surface area contributed by atoms with E-state index in [1.807, 2.05) is 0 Å². The van der Waals surface area contributed by atoms with Crippen LogP contribution in [0.15, 0.2) is 60.7 Å². The molecule has 0 bridgehead atoms. The molecule has 3 rings (SSSR count). The van der Waals surface area contributed by atoms with Gasteiger partial charge in [0.25, 0.3) is 11.8 Å². The zero-order chi connectivity index (χ0) is 20.3. The van der Waals surface area contributed by atoms with Crippen LogP contribution in [0.4, 0.5) is 28.9 Å². The lowest BCUT2D eigenvalue weighted by Crippen LogP contribution is -2.15. The molecule has 0 unspecified atom stereocenters. The third-order valence-corrected chi connectivity index (χ3v) is 3.77. The summed E-state index contributed by atoms with van der Waals surface area (Å²) in [7, 11) is 0. The minimum Gasteiger partial charge on any atom is -0.319 e. The molecule has 0 heterocycles. The van der Waals surface area contributed by atoms with E-state index < -0.39 is 35.1 Å². The van der Waals surface area contributed by atoms with Crippen LogP contribution in [0.5, 0.6) is 0 Å². The Morgan fingerprint density at radius 3 is 1.25 bits per heavy atom. The Hall–Kier alpha value is -3.68. The first-order valence-electron chi connectivity index (χ1n) is 7.96. The summed E-state index contributed by atoms with van der Waals surface area (Å²) in [6, 6.07) is 10.7. The summed E-state index contributed by atoms with van der Waals surface area (Å²) in [5, 5.41) is 4.58. The van der Waals surface area contributed by atoms with E-state index in [1.165, 1.54) is 24.3 Å². The normalized spacial score (nSPS) is 10.4. The first-order valence-corrected chi connectivity index (χ1v) is 7.96. The number of rotatable bonds is 4. The molecular formula is C20H12F4N2O2. The molecule has 0 aliphatic rings. The summed E-state index contributed by atoms with van der Waals surface area (Å²) in [6.45, 7) is 0. The number of benzene rings is 3. The van der Waals surface area contributed by atoms with Crippen molar-refractivity contribution in [1.82, 2.24) is 0 Å². The van der Waals surface area contributed by atoms with Gasteiger partial charge in [0.2, 0.25) is 0 Å². The minimum absolute atomic E-state index is 0.119. The lowest BCUT2D eigenvalue weighted by molar-refractivity contribution is 0.101. The molecule has 2 amide bonds. The Balaban J connectivity index is 1.70. The summed E-state index contributed by atoms with van der Waals surface area (Å²) in [5.74, 6) is -4.73. The number of carbonyl (C=O) groups is 2. The van der Waals surface area contributed by atoms with Crippen molar-refractivity contribution in [2.75, 3.05) is 10.6 Å². The average Bonchev–Trinajstić information content (AvgIpc) is 2.66. The van der Waals surface area contributed by atoms with Crippen molar-refractivity contribution in [3.05, 3.63) is 95.1 Å². The Labute approximate surface area is 156 Å². The standard InChI is InChI=1S/C20H12F4N2O2/c21-13-5-7-17(15(23)9-13)25-19(27)11-1-2-12(4-3-11)20(28)26-18-8-6-14(22)10-16(18)24/h1-10H,(H,25,27)(H,26,28). The van der Waals surface area contributed by atoms with Gasteiger partial charge in [-0.3, -0.25) is 9.59 Å². The smallest absolute Gasteiger partial charge is 0.255 e. The third kappa shape index (κ3) is 4.35. The van der Waals surface area contributed by atoms with Gasteiger partial charge in [0.05, 0.1) is 11.4 Å². The van der Waals surface area contributed by atoms with E-state index in [0.29, 0.717) is 12.1 Å². The molecule has 0 fully saturated rings. The van der Waals surface area contributed by atoms with E-state index in [1.54, 1.807) is 0 Å². The molecular weight excluding hydrogens is 376 g/mol. The molecule has 0 saturated heterocycles. The Morgan fingerprint density at radius 1 is 0.571 bits per heavy atom. The van der Waals surface area contributed by atoms with Gasteiger partial charge < -0.3 is 10.6 Å². The van der Waals surface area contributed by atoms with E-state index in [-0.39, 0.29) is 22.5 Å². The van der Waals surface area contributed by atoms with E-state index in [0.717, 1.165) is 24.3 Å². The highest BCUT2D eigenvalue weighted by molar-refractivity contribution is 6.07. The van der Waals surface area contributed by atoms with Crippen LogP contribution in [0.3, 0.4) is 0 Å². The maximum atomic E-state index is 13.6. The highest BCUT2D eigenvalue weighted by Gasteiger charge is 2.13. The second kappa shape index (κ2) is 7.91. The van der Waals surface area contributed by atoms with Crippen molar-refractivity contribution in [2.24, 2.45) is 0 Å². The molecule has 0 aromatic heterocycles. The van der Waals surface area contributed by atoms with Crippen molar-refractivity contribution < 1.29 is 27.2 Å². The fourth-order valence-corrected chi connectivity index (χ4v) is 2.34. The molecule has 0 aliphatic heterocycles. The summed E-state index contributed by atoms with van der Waals surface area (Å²) < 4.78 is 53.0.